The van der Waals surface area contributed by atoms with Crippen molar-refractivity contribution in [2.24, 2.45) is 0 Å². The molecule has 0 bridgehead atoms. The second-order valence-corrected chi connectivity index (χ2v) is 6.29. The molecule has 0 amide bonds. The van der Waals surface area contributed by atoms with E-state index >= 15 is 0 Å². The standard InChI is InChI=1S/C24H20N4O/c1-3-7-20(8-4-1)15-16-29-27-24(17-28-19-25-18-26-28)23-13-11-22(12-14-23)21-9-5-2-6-10-21/h1-19,27H. The van der Waals surface area contributed by atoms with E-state index in [4.69, 9.17) is 4.84 Å². The SMILES string of the molecule is C(=Cc1ccccc1)ONC(=Cn1cncn1)c1ccc(-c2ccccc2)cc1. The van der Waals surface area contributed by atoms with Gasteiger partial charge in [0.05, 0.1) is 11.9 Å². The fraction of sp³-hybridized carbons (Fsp3) is 0. The highest BCUT2D eigenvalue weighted by atomic mass is 16.6. The largest absolute Gasteiger partial charge is 0.390 e. The number of hydrogen-bond acceptors (Lipinski definition) is 4. The number of hydroxylamine groups is 1. The third kappa shape index (κ3) is 4.99. The van der Waals surface area contributed by atoms with Crippen LogP contribution in [0.4, 0.5) is 0 Å². The minimum absolute atomic E-state index is 0.757. The molecule has 0 saturated heterocycles. The van der Waals surface area contributed by atoms with Gasteiger partial charge in [0.2, 0.25) is 0 Å². The number of nitrogens with zero attached hydrogens (tertiary/aromatic N) is 3. The normalized spacial score (nSPS) is 11.5. The van der Waals surface area contributed by atoms with Crippen molar-refractivity contribution in [3.63, 3.8) is 0 Å². The molecule has 29 heavy (non-hydrogen) atoms. The molecule has 0 atom stereocenters. The summed E-state index contributed by atoms with van der Waals surface area (Å²) in [5, 5.41) is 4.14. The summed E-state index contributed by atoms with van der Waals surface area (Å²) in [5.74, 6) is 0. The smallest absolute Gasteiger partial charge is 0.138 e. The molecule has 4 rings (SSSR count). The van der Waals surface area contributed by atoms with E-state index in [2.05, 4.69) is 39.8 Å². The molecule has 0 unspecified atom stereocenters. The van der Waals surface area contributed by atoms with Crippen LogP contribution in [0.3, 0.4) is 0 Å². The summed E-state index contributed by atoms with van der Waals surface area (Å²) in [7, 11) is 0. The van der Waals surface area contributed by atoms with Gasteiger partial charge in [0.15, 0.2) is 0 Å². The van der Waals surface area contributed by atoms with Crippen LogP contribution in [0.25, 0.3) is 29.1 Å². The molecule has 0 fully saturated rings. The molecular formula is C24H20N4O. The average Bonchev–Trinajstić information content (AvgIpc) is 3.31. The summed E-state index contributed by atoms with van der Waals surface area (Å²) in [6, 6.07) is 28.5. The van der Waals surface area contributed by atoms with Gasteiger partial charge in [-0.1, -0.05) is 84.9 Å². The van der Waals surface area contributed by atoms with Gasteiger partial charge in [-0.25, -0.2) is 15.1 Å². The van der Waals surface area contributed by atoms with Gasteiger partial charge in [-0.05, 0) is 22.8 Å². The van der Waals surface area contributed by atoms with Crippen LogP contribution < -0.4 is 5.48 Å². The van der Waals surface area contributed by atoms with Crippen LogP contribution in [0.1, 0.15) is 11.1 Å². The van der Waals surface area contributed by atoms with Crippen LogP contribution in [0.15, 0.2) is 104 Å². The summed E-state index contributed by atoms with van der Waals surface area (Å²) in [6.45, 7) is 0. The lowest BCUT2D eigenvalue weighted by Gasteiger charge is -2.11. The monoisotopic (exact) mass is 380 g/mol. The first kappa shape index (κ1) is 18.3. The number of aromatic nitrogens is 3. The van der Waals surface area contributed by atoms with Crippen molar-refractivity contribution in [1.29, 1.82) is 0 Å². The highest BCUT2D eigenvalue weighted by Crippen LogP contribution is 2.22. The van der Waals surface area contributed by atoms with E-state index in [0.29, 0.717) is 0 Å². The van der Waals surface area contributed by atoms with E-state index in [1.54, 1.807) is 17.3 Å². The van der Waals surface area contributed by atoms with Gasteiger partial charge in [0.25, 0.3) is 0 Å². The lowest BCUT2D eigenvalue weighted by atomic mass is 10.0. The Hall–Kier alpha value is -4.12. The Bertz CT molecular complexity index is 1070. The molecule has 142 valence electrons. The van der Waals surface area contributed by atoms with E-state index < -0.39 is 0 Å². The Balaban J connectivity index is 1.52. The Morgan fingerprint density at radius 3 is 2.21 bits per heavy atom. The first-order chi connectivity index (χ1) is 14.4. The molecule has 0 aliphatic rings. The third-order valence-corrected chi connectivity index (χ3v) is 4.30. The number of nitrogens with one attached hydrogen (secondary N) is 1. The molecule has 0 radical (unpaired) electrons. The van der Waals surface area contributed by atoms with E-state index in [1.807, 2.05) is 72.9 Å². The van der Waals surface area contributed by atoms with Crippen LogP contribution in [0.2, 0.25) is 0 Å². The van der Waals surface area contributed by atoms with Gasteiger partial charge in [0.1, 0.15) is 18.9 Å². The first-order valence-corrected chi connectivity index (χ1v) is 9.23. The maximum absolute atomic E-state index is 5.56. The Morgan fingerprint density at radius 1 is 0.828 bits per heavy atom. The van der Waals surface area contributed by atoms with Crippen LogP contribution >= 0.6 is 0 Å². The van der Waals surface area contributed by atoms with Crippen molar-refractivity contribution < 1.29 is 4.84 Å². The molecule has 4 aromatic rings. The lowest BCUT2D eigenvalue weighted by molar-refractivity contribution is 0.187. The Morgan fingerprint density at radius 2 is 1.52 bits per heavy atom. The van der Waals surface area contributed by atoms with Gasteiger partial charge >= 0.3 is 0 Å². The van der Waals surface area contributed by atoms with Crippen molar-refractivity contribution in [3.8, 4) is 11.1 Å². The number of hydrogen-bond donors (Lipinski definition) is 1. The molecule has 1 aromatic heterocycles. The van der Waals surface area contributed by atoms with Crippen molar-refractivity contribution in [2.75, 3.05) is 0 Å². The van der Waals surface area contributed by atoms with E-state index in [-0.39, 0.29) is 0 Å². The van der Waals surface area contributed by atoms with Crippen molar-refractivity contribution >= 4 is 18.0 Å². The first-order valence-electron chi connectivity index (χ1n) is 9.23. The van der Waals surface area contributed by atoms with Gasteiger partial charge in [0, 0.05) is 5.56 Å². The summed E-state index contributed by atoms with van der Waals surface area (Å²) >= 11 is 0. The van der Waals surface area contributed by atoms with E-state index in [9.17, 15) is 0 Å². The number of benzene rings is 3. The fourth-order valence-electron chi connectivity index (χ4n) is 2.82. The van der Waals surface area contributed by atoms with Crippen LogP contribution in [0.5, 0.6) is 0 Å². The Kier molecular flexibility index (Phi) is 5.78. The predicted molar refractivity (Wildman–Crippen MR) is 116 cm³/mol. The summed E-state index contributed by atoms with van der Waals surface area (Å²) in [6.07, 6.45) is 8.44. The summed E-state index contributed by atoms with van der Waals surface area (Å²) in [5.41, 5.74) is 8.10. The molecule has 3 aromatic carbocycles. The predicted octanol–water partition coefficient (Wildman–Crippen LogP) is 5.09. The minimum atomic E-state index is 0.757. The quantitative estimate of drug-likeness (QED) is 0.358. The highest BCUT2D eigenvalue weighted by molar-refractivity contribution is 5.75. The van der Waals surface area contributed by atoms with Crippen LogP contribution in [-0.2, 0) is 4.84 Å². The second kappa shape index (κ2) is 9.19. The van der Waals surface area contributed by atoms with Crippen molar-refractivity contribution in [3.05, 3.63) is 115 Å². The molecule has 5 heteroatoms. The molecule has 0 aliphatic heterocycles. The zero-order valence-electron chi connectivity index (χ0n) is 15.7. The summed E-state index contributed by atoms with van der Waals surface area (Å²) < 4.78 is 1.62. The van der Waals surface area contributed by atoms with Crippen LogP contribution in [0, 0.1) is 0 Å². The lowest BCUT2D eigenvalue weighted by Crippen LogP contribution is -2.10. The number of rotatable bonds is 7. The molecule has 1 N–H and O–H groups in total. The summed E-state index contributed by atoms with van der Waals surface area (Å²) in [4.78, 5) is 9.54. The highest BCUT2D eigenvalue weighted by Gasteiger charge is 2.04. The second-order valence-electron chi connectivity index (χ2n) is 6.29. The zero-order valence-corrected chi connectivity index (χ0v) is 15.7. The zero-order chi connectivity index (χ0) is 19.7. The maximum Gasteiger partial charge on any atom is 0.138 e. The van der Waals surface area contributed by atoms with Gasteiger partial charge in [-0.3, -0.25) is 0 Å². The molecule has 0 aliphatic carbocycles. The van der Waals surface area contributed by atoms with Gasteiger partial charge < -0.3 is 4.84 Å². The molecule has 0 saturated carbocycles. The van der Waals surface area contributed by atoms with E-state index in [1.165, 1.54) is 11.9 Å². The van der Waals surface area contributed by atoms with Gasteiger partial charge in [-0.2, -0.15) is 5.10 Å². The molecule has 5 nitrogen and oxygen atoms in total. The minimum Gasteiger partial charge on any atom is -0.390 e. The van der Waals surface area contributed by atoms with Crippen molar-refractivity contribution in [1.82, 2.24) is 20.2 Å². The molecule has 0 spiro atoms. The molecule has 1 heterocycles. The van der Waals surface area contributed by atoms with E-state index in [0.717, 1.165) is 22.4 Å². The fourth-order valence-corrected chi connectivity index (χ4v) is 2.82. The van der Waals surface area contributed by atoms with Gasteiger partial charge in [-0.15, -0.1) is 0 Å². The topological polar surface area (TPSA) is 52.0 Å². The third-order valence-electron chi connectivity index (χ3n) is 4.30. The average molecular weight is 380 g/mol. The van der Waals surface area contributed by atoms with Crippen LogP contribution in [-0.4, -0.2) is 14.8 Å². The van der Waals surface area contributed by atoms with Crippen molar-refractivity contribution in [2.45, 2.75) is 0 Å². The Labute approximate surface area is 169 Å². The molecular weight excluding hydrogens is 360 g/mol. The maximum atomic E-state index is 5.56.